The summed E-state index contributed by atoms with van der Waals surface area (Å²) in [6.45, 7) is 0. The lowest BCUT2D eigenvalue weighted by molar-refractivity contribution is -0.124. The minimum Gasteiger partial charge on any atom is -0.344 e. The van der Waals surface area contributed by atoms with Crippen LogP contribution in [0.3, 0.4) is 0 Å². The van der Waals surface area contributed by atoms with Gasteiger partial charge < -0.3 is 5.32 Å². The Labute approximate surface area is 75.7 Å². The van der Waals surface area contributed by atoms with Crippen LogP contribution in [0.25, 0.3) is 0 Å². The zero-order chi connectivity index (χ0) is 10.1. The van der Waals surface area contributed by atoms with E-state index in [1.54, 1.807) is 4.72 Å². The van der Waals surface area contributed by atoms with Gasteiger partial charge >= 0.3 is 0 Å². The molecule has 2 N–H and O–H groups in total. The first-order chi connectivity index (χ1) is 5.88. The van der Waals surface area contributed by atoms with Gasteiger partial charge in [-0.15, -0.1) is 0 Å². The second-order valence-electron chi connectivity index (χ2n) is 2.90. The van der Waals surface area contributed by atoms with Gasteiger partial charge in [-0.25, -0.2) is 8.42 Å². The normalized spacial score (nSPS) is 22.5. The molecule has 13 heavy (non-hydrogen) atoms. The highest BCUT2D eigenvalue weighted by atomic mass is 32.2. The van der Waals surface area contributed by atoms with Gasteiger partial charge in [0.15, 0.2) is 0 Å². The molecule has 1 aliphatic rings. The van der Waals surface area contributed by atoms with E-state index in [-0.39, 0.29) is 12.3 Å². The van der Waals surface area contributed by atoms with Crippen molar-refractivity contribution >= 4 is 21.8 Å². The van der Waals surface area contributed by atoms with Gasteiger partial charge in [-0.05, 0) is 6.42 Å². The van der Waals surface area contributed by atoms with Crippen LogP contribution in [-0.4, -0.2) is 32.5 Å². The first-order valence-corrected chi connectivity index (χ1v) is 5.58. The van der Waals surface area contributed by atoms with E-state index in [1.807, 2.05) is 0 Å². The lowest BCUT2D eigenvalue weighted by atomic mass is 10.2. The fourth-order valence-electron chi connectivity index (χ4n) is 1.06. The van der Waals surface area contributed by atoms with Crippen molar-refractivity contribution in [3.8, 4) is 0 Å². The molecule has 0 aromatic rings. The monoisotopic (exact) mass is 206 g/mol. The molecule has 0 aliphatic carbocycles. The topological polar surface area (TPSA) is 92.3 Å². The molecule has 1 heterocycles. The molecule has 1 fully saturated rings. The molecule has 1 saturated heterocycles. The maximum atomic E-state index is 11.1. The second-order valence-corrected chi connectivity index (χ2v) is 4.65. The highest BCUT2D eigenvalue weighted by molar-refractivity contribution is 7.89. The zero-order valence-electron chi connectivity index (χ0n) is 7.03. The molecular formula is C6H10N2O4S. The highest BCUT2D eigenvalue weighted by Crippen LogP contribution is 2.06. The molecule has 7 heteroatoms. The van der Waals surface area contributed by atoms with E-state index < -0.39 is 22.0 Å². The lowest BCUT2D eigenvalue weighted by Gasteiger charge is -2.08. The number of carbonyl (C=O) groups excluding carboxylic acids is 2. The van der Waals surface area contributed by atoms with Crippen molar-refractivity contribution in [1.82, 2.24) is 10.0 Å². The van der Waals surface area contributed by atoms with Gasteiger partial charge in [0, 0.05) is 6.42 Å². The first kappa shape index (κ1) is 9.97. The van der Waals surface area contributed by atoms with Gasteiger partial charge in [-0.3, -0.25) is 14.3 Å². The number of carbonyl (C=O) groups is 2. The van der Waals surface area contributed by atoms with Crippen LogP contribution in [0.1, 0.15) is 12.8 Å². The van der Waals surface area contributed by atoms with Gasteiger partial charge in [-0.2, -0.15) is 0 Å². The summed E-state index contributed by atoms with van der Waals surface area (Å²) in [4.78, 5) is 21.8. The number of nitrogens with one attached hydrogen (secondary N) is 2. The van der Waals surface area contributed by atoms with Crippen molar-refractivity contribution in [2.45, 2.75) is 18.9 Å². The number of rotatable bonds is 2. The molecule has 0 aromatic carbocycles. The van der Waals surface area contributed by atoms with E-state index in [4.69, 9.17) is 0 Å². The van der Waals surface area contributed by atoms with E-state index in [0.29, 0.717) is 6.42 Å². The minimum absolute atomic E-state index is 0.228. The van der Waals surface area contributed by atoms with Gasteiger partial charge in [0.25, 0.3) is 5.91 Å². The highest BCUT2D eigenvalue weighted by Gasteiger charge is 2.28. The minimum atomic E-state index is -3.53. The first-order valence-electron chi connectivity index (χ1n) is 3.69. The molecule has 0 aromatic heterocycles. The second kappa shape index (κ2) is 3.33. The van der Waals surface area contributed by atoms with Gasteiger partial charge in [0.1, 0.15) is 6.04 Å². The summed E-state index contributed by atoms with van der Waals surface area (Å²) in [6, 6.07) is -0.706. The standard InChI is InChI=1S/C6H10N2O4S/c1-13(11,12)8-6(10)4-2-3-5(9)7-4/h4H,2-3H2,1H3,(H,7,9)(H,8,10). The lowest BCUT2D eigenvalue weighted by Crippen LogP contribution is -2.43. The molecule has 1 aliphatic heterocycles. The number of sulfonamides is 1. The van der Waals surface area contributed by atoms with Crippen molar-refractivity contribution < 1.29 is 18.0 Å². The molecule has 0 bridgehead atoms. The summed E-state index contributed by atoms with van der Waals surface area (Å²) < 4.78 is 23.1. The Bertz CT molecular complexity index is 335. The zero-order valence-corrected chi connectivity index (χ0v) is 7.85. The molecule has 2 amide bonds. The summed E-state index contributed by atoms with van der Waals surface area (Å²) >= 11 is 0. The average Bonchev–Trinajstić information content (AvgIpc) is 2.31. The van der Waals surface area contributed by atoms with E-state index in [2.05, 4.69) is 5.32 Å². The van der Waals surface area contributed by atoms with Crippen LogP contribution in [0.4, 0.5) is 0 Å². The van der Waals surface area contributed by atoms with Crippen LogP contribution < -0.4 is 10.0 Å². The molecule has 1 atom stereocenters. The Kier molecular flexibility index (Phi) is 2.55. The van der Waals surface area contributed by atoms with Gasteiger partial charge in [-0.1, -0.05) is 0 Å². The van der Waals surface area contributed by atoms with Crippen molar-refractivity contribution in [3.05, 3.63) is 0 Å². The summed E-state index contributed by atoms with van der Waals surface area (Å²) in [7, 11) is -3.53. The SMILES string of the molecule is CS(=O)(=O)NC(=O)C1CCC(=O)N1. The summed E-state index contributed by atoms with van der Waals surface area (Å²) in [5.74, 6) is -0.901. The molecule has 0 saturated carbocycles. The predicted octanol–water partition coefficient (Wildman–Crippen LogP) is -1.66. The average molecular weight is 206 g/mol. The van der Waals surface area contributed by atoms with E-state index in [1.165, 1.54) is 0 Å². The van der Waals surface area contributed by atoms with Crippen molar-refractivity contribution in [2.24, 2.45) is 0 Å². The molecule has 74 valence electrons. The Morgan fingerprint density at radius 1 is 1.62 bits per heavy atom. The van der Waals surface area contributed by atoms with Gasteiger partial charge in [0.05, 0.1) is 6.26 Å². The molecule has 6 nitrogen and oxygen atoms in total. The van der Waals surface area contributed by atoms with Crippen molar-refractivity contribution in [2.75, 3.05) is 6.26 Å². The fourth-order valence-corrected chi connectivity index (χ4v) is 1.57. The summed E-state index contributed by atoms with van der Waals surface area (Å²) in [5, 5.41) is 2.36. The molecule has 1 rings (SSSR count). The van der Waals surface area contributed by atoms with Crippen molar-refractivity contribution in [3.63, 3.8) is 0 Å². The van der Waals surface area contributed by atoms with Crippen LogP contribution in [0, 0.1) is 0 Å². The van der Waals surface area contributed by atoms with Crippen LogP contribution in [0.5, 0.6) is 0 Å². The molecule has 1 unspecified atom stereocenters. The van der Waals surface area contributed by atoms with E-state index in [9.17, 15) is 18.0 Å². The van der Waals surface area contributed by atoms with Crippen LogP contribution in [0.15, 0.2) is 0 Å². The smallest absolute Gasteiger partial charge is 0.255 e. The number of amides is 2. The number of hydrogen-bond donors (Lipinski definition) is 2. The Morgan fingerprint density at radius 3 is 2.62 bits per heavy atom. The molecule has 0 radical (unpaired) electrons. The van der Waals surface area contributed by atoms with Crippen LogP contribution in [0.2, 0.25) is 0 Å². The Morgan fingerprint density at radius 2 is 2.23 bits per heavy atom. The molecular weight excluding hydrogens is 196 g/mol. The molecule has 0 spiro atoms. The fraction of sp³-hybridized carbons (Fsp3) is 0.667. The van der Waals surface area contributed by atoms with Crippen molar-refractivity contribution in [1.29, 1.82) is 0 Å². The Hall–Kier alpha value is -1.11. The largest absolute Gasteiger partial charge is 0.344 e. The number of hydrogen-bond acceptors (Lipinski definition) is 4. The van der Waals surface area contributed by atoms with E-state index in [0.717, 1.165) is 6.26 Å². The predicted molar refractivity (Wildman–Crippen MR) is 44.2 cm³/mol. The summed E-state index contributed by atoms with van der Waals surface area (Å²) in [5.41, 5.74) is 0. The van der Waals surface area contributed by atoms with Crippen LogP contribution >= 0.6 is 0 Å². The van der Waals surface area contributed by atoms with Crippen LogP contribution in [-0.2, 0) is 19.6 Å². The third kappa shape index (κ3) is 3.02. The maximum absolute atomic E-state index is 11.1. The summed E-state index contributed by atoms with van der Waals surface area (Å²) in [6.07, 6.45) is 1.50. The van der Waals surface area contributed by atoms with Gasteiger partial charge in [0.2, 0.25) is 15.9 Å². The third-order valence-corrected chi connectivity index (χ3v) is 2.17. The van der Waals surface area contributed by atoms with E-state index >= 15 is 0 Å². The third-order valence-electron chi connectivity index (χ3n) is 1.60. The maximum Gasteiger partial charge on any atom is 0.255 e. The Balaban J connectivity index is 2.55. The quantitative estimate of drug-likeness (QED) is 0.565.